The number of carboxylic acids is 2. The number of carboxylic acid groups (broad SMARTS) is 2. The van der Waals surface area contributed by atoms with Crippen LogP contribution in [0, 0.1) is 0 Å². The normalized spacial score (nSPS) is 25.9. The second-order valence-electron chi connectivity index (χ2n) is 11.9. The molecule has 2 aliphatic heterocycles. The second-order valence-corrected chi connectivity index (χ2v) is 11.9. The first-order valence-electron chi connectivity index (χ1n) is 15.9. The van der Waals surface area contributed by atoms with Crippen molar-refractivity contribution in [1.82, 2.24) is 31.5 Å². The van der Waals surface area contributed by atoms with Crippen LogP contribution in [0.15, 0.2) is 30.3 Å². The molecule has 0 radical (unpaired) electrons. The average Bonchev–Trinajstić information content (AvgIpc) is 3.45. The van der Waals surface area contributed by atoms with E-state index in [0.29, 0.717) is 18.4 Å². The molecule has 2 saturated heterocycles. The van der Waals surface area contributed by atoms with Crippen LogP contribution in [0.1, 0.15) is 50.5 Å². The highest BCUT2D eigenvalue weighted by atomic mass is 16.4. The van der Waals surface area contributed by atoms with Gasteiger partial charge in [-0.1, -0.05) is 30.3 Å². The fraction of sp³-hybridized carbons (Fsp3) is 0.548. The second kappa shape index (κ2) is 18.4. The summed E-state index contributed by atoms with van der Waals surface area (Å²) in [7, 11) is 0. The minimum absolute atomic E-state index is 0.0282. The van der Waals surface area contributed by atoms with Crippen LogP contribution in [-0.2, 0) is 44.8 Å². The number of benzene rings is 1. The van der Waals surface area contributed by atoms with Crippen molar-refractivity contribution in [3.63, 3.8) is 0 Å². The Kier molecular flexibility index (Phi) is 14.4. The Morgan fingerprint density at radius 1 is 0.776 bits per heavy atom. The van der Waals surface area contributed by atoms with E-state index in [2.05, 4.69) is 26.6 Å². The summed E-state index contributed by atoms with van der Waals surface area (Å²) >= 11 is 0. The molecule has 0 saturated carbocycles. The van der Waals surface area contributed by atoms with Gasteiger partial charge in [-0.25, -0.2) is 0 Å². The van der Waals surface area contributed by atoms with E-state index in [4.69, 9.17) is 5.73 Å². The molecule has 18 heteroatoms. The van der Waals surface area contributed by atoms with Crippen LogP contribution in [0.25, 0.3) is 0 Å². The summed E-state index contributed by atoms with van der Waals surface area (Å²) in [5, 5.41) is 41.3. The SMILES string of the molecule is NCCCC[C@H]1NC(=O)[C@H](Cc2ccccc2)NC(=O)CNC(=O)[C@H](CC(=O)O)NC(=O)[C@@H]2C[C@@H](O)CN2C(=O)[C@H](CCC(=O)O)NC1=O. The number of unbranched alkanes of at least 4 members (excludes halogenated alkanes) is 1. The Hall–Kier alpha value is -5.10. The zero-order chi connectivity index (χ0) is 36.1. The van der Waals surface area contributed by atoms with Crippen molar-refractivity contribution < 1.29 is 53.7 Å². The van der Waals surface area contributed by atoms with Gasteiger partial charge in [0.25, 0.3) is 0 Å². The molecule has 1 aromatic carbocycles. The topological polar surface area (TPSA) is 287 Å². The van der Waals surface area contributed by atoms with Crippen molar-refractivity contribution in [1.29, 1.82) is 0 Å². The van der Waals surface area contributed by atoms with Crippen LogP contribution in [0.5, 0.6) is 0 Å². The largest absolute Gasteiger partial charge is 0.481 e. The third kappa shape index (κ3) is 11.8. The first-order valence-corrected chi connectivity index (χ1v) is 15.9. The minimum atomic E-state index is -1.70. The van der Waals surface area contributed by atoms with Gasteiger partial charge in [0, 0.05) is 25.8 Å². The molecule has 0 unspecified atom stereocenters. The van der Waals surface area contributed by atoms with Crippen LogP contribution >= 0.6 is 0 Å². The summed E-state index contributed by atoms with van der Waals surface area (Å²) in [5.74, 6) is -8.14. The molecule has 10 N–H and O–H groups in total. The summed E-state index contributed by atoms with van der Waals surface area (Å²) in [5.41, 5.74) is 6.26. The van der Waals surface area contributed by atoms with E-state index in [0.717, 1.165) is 4.90 Å². The lowest BCUT2D eigenvalue weighted by molar-refractivity contribution is -0.145. The molecule has 2 heterocycles. The number of rotatable bonds is 11. The highest BCUT2D eigenvalue weighted by Gasteiger charge is 2.43. The maximum absolute atomic E-state index is 13.8. The van der Waals surface area contributed by atoms with Gasteiger partial charge in [-0.2, -0.15) is 0 Å². The summed E-state index contributed by atoms with van der Waals surface area (Å²) in [4.78, 5) is 104. The number of nitrogens with zero attached hydrogens (tertiary/aromatic N) is 1. The molecule has 0 aromatic heterocycles. The van der Waals surface area contributed by atoms with Crippen molar-refractivity contribution in [2.45, 2.75) is 87.7 Å². The number of aliphatic carboxylic acids is 2. The zero-order valence-corrected chi connectivity index (χ0v) is 26.8. The summed E-state index contributed by atoms with van der Waals surface area (Å²) in [6, 6.07) is 1.44. The van der Waals surface area contributed by atoms with Gasteiger partial charge >= 0.3 is 11.9 Å². The van der Waals surface area contributed by atoms with Gasteiger partial charge in [-0.3, -0.25) is 38.4 Å². The van der Waals surface area contributed by atoms with Crippen LogP contribution in [-0.4, -0.2) is 124 Å². The number of fused-ring (bicyclic) bond motifs is 1. The van der Waals surface area contributed by atoms with Gasteiger partial charge in [0.2, 0.25) is 35.4 Å². The predicted octanol–water partition coefficient (Wildman–Crippen LogP) is -3.27. The third-order valence-electron chi connectivity index (χ3n) is 8.08. The molecule has 18 nitrogen and oxygen atoms in total. The molecular weight excluding hydrogens is 646 g/mol. The molecule has 6 amide bonds. The van der Waals surface area contributed by atoms with Crippen molar-refractivity contribution in [3.8, 4) is 0 Å². The zero-order valence-electron chi connectivity index (χ0n) is 26.8. The number of nitrogens with two attached hydrogens (primary N) is 1. The number of aliphatic hydroxyl groups is 1. The van der Waals surface area contributed by atoms with E-state index < -0.39 is 110 Å². The number of nitrogens with one attached hydrogen (secondary N) is 5. The number of hydrogen-bond donors (Lipinski definition) is 9. The maximum atomic E-state index is 13.8. The number of carbonyl (C=O) groups excluding carboxylic acids is 6. The molecule has 3 rings (SSSR count). The number of hydrogen-bond acceptors (Lipinski definition) is 10. The van der Waals surface area contributed by atoms with Crippen molar-refractivity contribution >= 4 is 47.4 Å². The first-order chi connectivity index (χ1) is 23.3. The number of aliphatic hydroxyl groups excluding tert-OH is 1. The molecular formula is C31H43N7O11. The molecule has 2 aliphatic rings. The first kappa shape index (κ1) is 38.3. The van der Waals surface area contributed by atoms with E-state index >= 15 is 0 Å². The van der Waals surface area contributed by atoms with Gasteiger partial charge < -0.3 is 52.5 Å². The summed E-state index contributed by atoms with van der Waals surface area (Å²) in [6.07, 6.45) is -2.51. The monoisotopic (exact) mass is 689 g/mol. The molecule has 2 fully saturated rings. The Morgan fingerprint density at radius 3 is 2.08 bits per heavy atom. The molecule has 49 heavy (non-hydrogen) atoms. The molecule has 0 spiro atoms. The maximum Gasteiger partial charge on any atom is 0.305 e. The quantitative estimate of drug-likeness (QED) is 0.104. The molecule has 1 aromatic rings. The Morgan fingerprint density at radius 2 is 1.43 bits per heavy atom. The fourth-order valence-electron chi connectivity index (χ4n) is 5.58. The van der Waals surface area contributed by atoms with E-state index in [9.17, 15) is 53.7 Å². The Balaban J connectivity index is 2.03. The van der Waals surface area contributed by atoms with Crippen molar-refractivity contribution in [3.05, 3.63) is 35.9 Å². The van der Waals surface area contributed by atoms with Gasteiger partial charge in [-0.15, -0.1) is 0 Å². The molecule has 6 atom stereocenters. The lowest BCUT2D eigenvalue weighted by Gasteiger charge is -2.31. The fourth-order valence-corrected chi connectivity index (χ4v) is 5.58. The standard InChI is InChI=1S/C31H43N7O11/c32-11-5-4-8-19-28(46)36-20(9-10-25(41)42)31(49)38-16-18(39)13-23(38)30(48)37-22(14-26(43)44)27(45)33-15-24(40)34-21(29(47)35-19)12-17-6-2-1-3-7-17/h1-3,6-7,18-23,39H,4-5,8-16,32H2,(H,33,45)(H,34,40)(H,35,47)(H,36,46)(H,37,48)(H,41,42)(H,43,44)/t18-,19-,20+,21+,22+,23+/m1/s1. The predicted molar refractivity (Wildman–Crippen MR) is 169 cm³/mol. The van der Waals surface area contributed by atoms with Gasteiger partial charge in [0.1, 0.15) is 30.2 Å². The van der Waals surface area contributed by atoms with E-state index in [-0.39, 0.29) is 32.4 Å². The lowest BCUT2D eigenvalue weighted by atomic mass is 10.0. The molecule has 268 valence electrons. The Labute approximate surface area is 281 Å². The Bertz CT molecular complexity index is 1390. The van der Waals surface area contributed by atoms with E-state index in [1.54, 1.807) is 30.3 Å². The van der Waals surface area contributed by atoms with Crippen molar-refractivity contribution in [2.24, 2.45) is 5.73 Å². The molecule has 0 aliphatic carbocycles. The van der Waals surface area contributed by atoms with Crippen LogP contribution in [0.2, 0.25) is 0 Å². The lowest BCUT2D eigenvalue weighted by Crippen LogP contribution is -2.60. The van der Waals surface area contributed by atoms with Crippen LogP contribution in [0.4, 0.5) is 0 Å². The minimum Gasteiger partial charge on any atom is -0.481 e. The average molecular weight is 690 g/mol. The highest BCUT2D eigenvalue weighted by Crippen LogP contribution is 2.21. The van der Waals surface area contributed by atoms with Gasteiger partial charge in [0.05, 0.1) is 19.1 Å². The third-order valence-corrected chi connectivity index (χ3v) is 8.08. The van der Waals surface area contributed by atoms with Crippen LogP contribution in [0.3, 0.4) is 0 Å². The smallest absolute Gasteiger partial charge is 0.305 e. The summed E-state index contributed by atoms with van der Waals surface area (Å²) in [6.45, 7) is -0.805. The van der Waals surface area contributed by atoms with E-state index in [1.807, 2.05) is 0 Å². The van der Waals surface area contributed by atoms with Gasteiger partial charge in [-0.05, 0) is 37.8 Å². The number of amides is 6. The molecule has 0 bridgehead atoms. The summed E-state index contributed by atoms with van der Waals surface area (Å²) < 4.78 is 0. The number of carbonyl (C=O) groups is 8. The van der Waals surface area contributed by atoms with Gasteiger partial charge in [0.15, 0.2) is 0 Å². The van der Waals surface area contributed by atoms with Crippen molar-refractivity contribution in [2.75, 3.05) is 19.6 Å². The highest BCUT2D eigenvalue weighted by molar-refractivity contribution is 5.98. The van der Waals surface area contributed by atoms with Crippen LogP contribution < -0.4 is 32.3 Å². The van der Waals surface area contributed by atoms with E-state index in [1.165, 1.54) is 0 Å².